The quantitative estimate of drug-likeness (QED) is 0.643. The van der Waals surface area contributed by atoms with E-state index in [0.717, 1.165) is 5.56 Å². The Balaban J connectivity index is 1.43. The standard InChI is InChI=1S/C23H24N2O4/c1-24(11-16-13-28-14-17(16)12-26)25(2)23(27)29-15-22-20-9-5-3-7-18(20)19-8-4-6-10-21(19)22/h3-10,13-14,22,26H,11-12,15H2,1-2H3. The number of hydrogen-bond donors (Lipinski definition) is 1. The maximum absolute atomic E-state index is 12.6. The second-order valence-electron chi connectivity index (χ2n) is 7.22. The number of furan rings is 1. The van der Waals surface area contributed by atoms with Gasteiger partial charge in [0.1, 0.15) is 6.61 Å². The molecular formula is C23H24N2O4. The lowest BCUT2D eigenvalue weighted by molar-refractivity contribution is 0.00697. The third-order valence-electron chi connectivity index (χ3n) is 5.51. The SMILES string of the molecule is CN(Cc1cocc1CO)N(C)C(=O)OCC1c2ccccc2-c2ccccc21. The molecule has 0 unspecified atom stereocenters. The fraction of sp³-hybridized carbons (Fsp3) is 0.261. The average Bonchev–Trinajstić information content (AvgIpc) is 3.33. The summed E-state index contributed by atoms with van der Waals surface area (Å²) in [4.78, 5) is 12.6. The van der Waals surface area contributed by atoms with Gasteiger partial charge in [0.15, 0.2) is 0 Å². The van der Waals surface area contributed by atoms with Crippen molar-refractivity contribution in [1.29, 1.82) is 0 Å². The molecule has 1 amide bonds. The first-order valence-corrected chi connectivity index (χ1v) is 9.54. The van der Waals surface area contributed by atoms with Gasteiger partial charge in [-0.05, 0) is 22.3 Å². The van der Waals surface area contributed by atoms with E-state index in [2.05, 4.69) is 24.3 Å². The van der Waals surface area contributed by atoms with Crippen LogP contribution in [0.2, 0.25) is 0 Å². The molecule has 6 heteroatoms. The molecular weight excluding hydrogens is 368 g/mol. The van der Waals surface area contributed by atoms with E-state index >= 15 is 0 Å². The first-order chi connectivity index (χ1) is 14.1. The van der Waals surface area contributed by atoms with Crippen LogP contribution in [0.5, 0.6) is 0 Å². The Hall–Kier alpha value is -3.09. The number of rotatable bonds is 6. The van der Waals surface area contributed by atoms with E-state index in [9.17, 15) is 9.90 Å². The van der Waals surface area contributed by atoms with Crippen LogP contribution in [0.25, 0.3) is 11.1 Å². The molecule has 1 heterocycles. The van der Waals surface area contributed by atoms with E-state index in [0.29, 0.717) is 12.1 Å². The Morgan fingerprint density at radius 3 is 2.21 bits per heavy atom. The molecule has 29 heavy (non-hydrogen) atoms. The Kier molecular flexibility index (Phi) is 5.38. The number of fused-ring (bicyclic) bond motifs is 3. The van der Waals surface area contributed by atoms with E-state index in [1.807, 2.05) is 24.3 Å². The van der Waals surface area contributed by atoms with Gasteiger partial charge in [-0.1, -0.05) is 48.5 Å². The highest BCUT2D eigenvalue weighted by Crippen LogP contribution is 2.44. The molecule has 0 saturated carbocycles. The molecule has 0 bridgehead atoms. The van der Waals surface area contributed by atoms with Crippen LogP contribution in [0.4, 0.5) is 4.79 Å². The maximum atomic E-state index is 12.6. The maximum Gasteiger partial charge on any atom is 0.424 e. The summed E-state index contributed by atoms with van der Waals surface area (Å²) in [7, 11) is 3.45. The number of aliphatic hydroxyl groups excluding tert-OH is 1. The normalized spacial score (nSPS) is 12.7. The number of benzene rings is 2. The Labute approximate surface area is 169 Å². The minimum atomic E-state index is -0.427. The number of nitrogens with zero attached hydrogens (tertiary/aromatic N) is 2. The Morgan fingerprint density at radius 1 is 1.00 bits per heavy atom. The zero-order valence-corrected chi connectivity index (χ0v) is 16.5. The molecule has 0 aliphatic heterocycles. The summed E-state index contributed by atoms with van der Waals surface area (Å²) in [6, 6.07) is 16.5. The summed E-state index contributed by atoms with van der Waals surface area (Å²) < 4.78 is 10.8. The van der Waals surface area contributed by atoms with Crippen LogP contribution in [-0.4, -0.2) is 41.9 Å². The van der Waals surface area contributed by atoms with Gasteiger partial charge in [0.25, 0.3) is 0 Å². The molecule has 0 saturated heterocycles. The average molecular weight is 392 g/mol. The van der Waals surface area contributed by atoms with E-state index in [-0.39, 0.29) is 19.1 Å². The van der Waals surface area contributed by atoms with E-state index in [4.69, 9.17) is 9.15 Å². The molecule has 1 aromatic heterocycles. The van der Waals surface area contributed by atoms with Gasteiger partial charge >= 0.3 is 6.09 Å². The number of hydrogen-bond acceptors (Lipinski definition) is 5. The summed E-state index contributed by atoms with van der Waals surface area (Å²) in [5, 5.41) is 12.5. The van der Waals surface area contributed by atoms with Gasteiger partial charge < -0.3 is 14.3 Å². The van der Waals surface area contributed by atoms with Crippen molar-refractivity contribution in [3.8, 4) is 11.1 Å². The molecule has 0 spiro atoms. The van der Waals surface area contributed by atoms with Gasteiger partial charge in [-0.3, -0.25) is 0 Å². The van der Waals surface area contributed by atoms with Gasteiger partial charge in [0.05, 0.1) is 19.1 Å². The molecule has 2 aromatic carbocycles. The summed E-state index contributed by atoms with van der Waals surface area (Å²) in [6.45, 7) is 0.597. The summed E-state index contributed by atoms with van der Waals surface area (Å²) in [5.74, 6) is 0.0277. The number of ether oxygens (including phenoxy) is 1. The molecule has 1 aliphatic rings. The van der Waals surface area contributed by atoms with E-state index in [1.165, 1.54) is 33.5 Å². The molecule has 1 aliphatic carbocycles. The van der Waals surface area contributed by atoms with Crippen LogP contribution >= 0.6 is 0 Å². The Morgan fingerprint density at radius 2 is 1.59 bits per heavy atom. The van der Waals surface area contributed by atoms with Gasteiger partial charge in [-0.25, -0.2) is 14.8 Å². The lowest BCUT2D eigenvalue weighted by Gasteiger charge is -2.28. The van der Waals surface area contributed by atoms with Gasteiger partial charge in [0.2, 0.25) is 0 Å². The predicted molar refractivity (Wildman–Crippen MR) is 109 cm³/mol. The predicted octanol–water partition coefficient (Wildman–Crippen LogP) is 4.00. The molecule has 150 valence electrons. The van der Waals surface area contributed by atoms with Crippen molar-refractivity contribution in [1.82, 2.24) is 10.0 Å². The highest BCUT2D eigenvalue weighted by molar-refractivity contribution is 5.79. The number of aliphatic hydroxyl groups is 1. The second kappa shape index (κ2) is 8.11. The molecule has 0 radical (unpaired) electrons. The third-order valence-corrected chi connectivity index (χ3v) is 5.51. The fourth-order valence-corrected chi connectivity index (χ4v) is 3.81. The Bertz CT molecular complexity index is 968. The molecule has 0 fully saturated rings. The van der Waals surface area contributed by atoms with Gasteiger partial charge in [-0.2, -0.15) is 0 Å². The zero-order chi connectivity index (χ0) is 20.4. The molecule has 3 aromatic rings. The number of amides is 1. The smallest absolute Gasteiger partial charge is 0.424 e. The minimum Gasteiger partial charge on any atom is -0.472 e. The molecule has 4 rings (SSSR count). The fourth-order valence-electron chi connectivity index (χ4n) is 3.81. The summed E-state index contributed by atoms with van der Waals surface area (Å²) >= 11 is 0. The molecule has 0 atom stereocenters. The van der Waals surface area contributed by atoms with Crippen molar-refractivity contribution in [2.24, 2.45) is 0 Å². The van der Waals surface area contributed by atoms with Gasteiger partial charge in [-0.15, -0.1) is 0 Å². The van der Waals surface area contributed by atoms with Crippen LogP contribution < -0.4 is 0 Å². The minimum absolute atomic E-state index is 0.0277. The summed E-state index contributed by atoms with van der Waals surface area (Å²) in [5.41, 5.74) is 6.30. The van der Waals surface area contributed by atoms with Crippen molar-refractivity contribution in [3.63, 3.8) is 0 Å². The van der Waals surface area contributed by atoms with Crippen molar-refractivity contribution in [3.05, 3.63) is 83.3 Å². The van der Waals surface area contributed by atoms with Crippen LogP contribution in [0, 0.1) is 0 Å². The van der Waals surface area contributed by atoms with Crippen LogP contribution in [0.3, 0.4) is 0 Å². The van der Waals surface area contributed by atoms with Gasteiger partial charge in [0, 0.05) is 37.7 Å². The highest BCUT2D eigenvalue weighted by atomic mass is 16.6. The van der Waals surface area contributed by atoms with Crippen LogP contribution in [0.15, 0.2) is 65.5 Å². The topological polar surface area (TPSA) is 66.2 Å². The number of carbonyl (C=O) groups excluding carboxylic acids is 1. The number of carbonyl (C=O) groups is 1. The highest BCUT2D eigenvalue weighted by Gasteiger charge is 2.29. The van der Waals surface area contributed by atoms with E-state index in [1.54, 1.807) is 25.4 Å². The van der Waals surface area contributed by atoms with Crippen LogP contribution in [-0.2, 0) is 17.9 Å². The number of hydrazine groups is 1. The first-order valence-electron chi connectivity index (χ1n) is 9.54. The zero-order valence-electron chi connectivity index (χ0n) is 16.5. The van der Waals surface area contributed by atoms with Crippen molar-refractivity contribution in [2.75, 3.05) is 20.7 Å². The molecule has 6 nitrogen and oxygen atoms in total. The van der Waals surface area contributed by atoms with Crippen LogP contribution in [0.1, 0.15) is 28.2 Å². The monoisotopic (exact) mass is 392 g/mol. The third kappa shape index (κ3) is 3.64. The summed E-state index contributed by atoms with van der Waals surface area (Å²) in [6.07, 6.45) is 2.66. The molecule has 1 N–H and O–H groups in total. The first kappa shape index (κ1) is 19.2. The second-order valence-corrected chi connectivity index (χ2v) is 7.22. The lowest BCUT2D eigenvalue weighted by Crippen LogP contribution is -2.41. The van der Waals surface area contributed by atoms with Crippen molar-refractivity contribution >= 4 is 6.09 Å². The van der Waals surface area contributed by atoms with Crippen molar-refractivity contribution in [2.45, 2.75) is 19.1 Å². The van der Waals surface area contributed by atoms with Crippen molar-refractivity contribution < 1.29 is 19.1 Å². The lowest BCUT2D eigenvalue weighted by atomic mass is 9.98. The van der Waals surface area contributed by atoms with E-state index < -0.39 is 6.09 Å². The largest absolute Gasteiger partial charge is 0.472 e.